The average Bonchev–Trinajstić information content (AvgIpc) is 2.78. The molecule has 4 N–H and O–H groups in total. The van der Waals surface area contributed by atoms with E-state index in [1.807, 2.05) is 6.92 Å². The Labute approximate surface area is 215 Å². The maximum Gasteiger partial charge on any atom is 0.203 e. The highest BCUT2D eigenvalue weighted by molar-refractivity contribution is 6.24. The van der Waals surface area contributed by atoms with E-state index in [9.17, 15) is 39.6 Å². The molecule has 8 heteroatoms. The maximum absolute atomic E-state index is 14.4. The van der Waals surface area contributed by atoms with Crippen molar-refractivity contribution in [1.82, 2.24) is 0 Å². The van der Waals surface area contributed by atoms with Gasteiger partial charge in [-0.1, -0.05) is 46.8 Å². The monoisotopic (exact) mass is 510 g/mol. The van der Waals surface area contributed by atoms with Gasteiger partial charge in [0.2, 0.25) is 5.78 Å². The summed E-state index contributed by atoms with van der Waals surface area (Å²) in [5.41, 5.74) is -6.09. The Hall–Kier alpha value is -3.26. The van der Waals surface area contributed by atoms with Crippen molar-refractivity contribution < 1.29 is 39.6 Å². The lowest BCUT2D eigenvalue weighted by atomic mass is 9.37. The summed E-state index contributed by atoms with van der Waals surface area (Å²) in [6.45, 7) is 11.0. The second-order valence-corrected chi connectivity index (χ2v) is 11.6. The number of Topliss-reactive ketones (excluding diaryl/α,β-unsaturated/α-hetero) is 4. The number of rotatable bonds is 4. The van der Waals surface area contributed by atoms with Crippen molar-refractivity contribution in [2.45, 2.75) is 66.4 Å². The molecule has 1 aromatic carbocycles. The maximum atomic E-state index is 14.4. The predicted octanol–water partition coefficient (Wildman–Crippen LogP) is 3.96. The van der Waals surface area contributed by atoms with E-state index in [1.54, 1.807) is 32.9 Å². The molecule has 0 aromatic heterocycles. The fourth-order valence-corrected chi connectivity index (χ4v) is 7.80. The van der Waals surface area contributed by atoms with Crippen molar-refractivity contribution in [2.24, 2.45) is 28.6 Å². The summed E-state index contributed by atoms with van der Waals surface area (Å²) < 4.78 is 0. The zero-order chi connectivity index (χ0) is 28.0. The van der Waals surface area contributed by atoms with Crippen molar-refractivity contribution in [2.75, 3.05) is 0 Å². The Kier molecular flexibility index (Phi) is 5.88. The van der Waals surface area contributed by atoms with Gasteiger partial charge in [-0.05, 0) is 43.2 Å². The minimum absolute atomic E-state index is 0.0344. The number of aliphatic hydroxyl groups is 3. The Morgan fingerprint density at radius 3 is 2.16 bits per heavy atom. The highest BCUT2D eigenvalue weighted by Crippen LogP contribution is 2.71. The summed E-state index contributed by atoms with van der Waals surface area (Å²) in [7, 11) is 0. The molecule has 3 aliphatic rings. The quantitative estimate of drug-likeness (QED) is 0.445. The molecular weight excluding hydrogens is 476 g/mol. The molecule has 1 fully saturated rings. The zero-order valence-corrected chi connectivity index (χ0v) is 22.2. The molecule has 0 heterocycles. The summed E-state index contributed by atoms with van der Waals surface area (Å²) in [5, 5.41) is 45.8. The van der Waals surface area contributed by atoms with Crippen LogP contribution in [0.5, 0.6) is 5.75 Å². The summed E-state index contributed by atoms with van der Waals surface area (Å²) in [4.78, 5) is 53.5. The number of aromatic hydroxyl groups is 1. The summed E-state index contributed by atoms with van der Waals surface area (Å²) >= 11 is 0. The number of carbonyl (C=O) groups is 4. The lowest BCUT2D eigenvalue weighted by Crippen LogP contribution is -2.73. The van der Waals surface area contributed by atoms with Crippen LogP contribution in [-0.2, 0) is 19.2 Å². The number of aliphatic hydroxyl groups excluding tert-OH is 2. The third-order valence-electron chi connectivity index (χ3n) is 9.50. The lowest BCUT2D eigenvalue weighted by molar-refractivity contribution is -0.199. The molecule has 0 radical (unpaired) electrons. The van der Waals surface area contributed by atoms with Crippen molar-refractivity contribution in [3.05, 3.63) is 46.2 Å². The highest BCUT2D eigenvalue weighted by atomic mass is 16.3. The summed E-state index contributed by atoms with van der Waals surface area (Å²) in [5.74, 6) is -7.73. The second kappa shape index (κ2) is 8.12. The van der Waals surface area contributed by atoms with Crippen LogP contribution in [0, 0.1) is 28.6 Å². The Morgan fingerprint density at radius 1 is 1.05 bits per heavy atom. The molecule has 1 unspecified atom stereocenters. The van der Waals surface area contributed by atoms with E-state index < -0.39 is 74.5 Å². The minimum Gasteiger partial charge on any atom is -0.508 e. The van der Waals surface area contributed by atoms with Crippen LogP contribution in [0.3, 0.4) is 0 Å². The van der Waals surface area contributed by atoms with Crippen LogP contribution in [0.25, 0.3) is 5.76 Å². The third kappa shape index (κ3) is 2.99. The van der Waals surface area contributed by atoms with Crippen LogP contribution in [0.1, 0.15) is 71.9 Å². The van der Waals surface area contributed by atoms with E-state index in [1.165, 1.54) is 19.9 Å². The largest absolute Gasteiger partial charge is 0.508 e. The smallest absolute Gasteiger partial charge is 0.203 e. The average molecular weight is 511 g/mol. The molecule has 0 aliphatic heterocycles. The first-order chi connectivity index (χ1) is 17.0. The van der Waals surface area contributed by atoms with E-state index in [-0.39, 0.29) is 29.1 Å². The van der Waals surface area contributed by atoms with Crippen LogP contribution < -0.4 is 0 Å². The molecule has 3 aliphatic carbocycles. The number of carbonyl (C=O) groups excluding carboxylic acids is 4. The van der Waals surface area contributed by atoms with Gasteiger partial charge in [-0.3, -0.25) is 14.4 Å². The van der Waals surface area contributed by atoms with Gasteiger partial charge < -0.3 is 25.2 Å². The molecule has 198 valence electrons. The summed E-state index contributed by atoms with van der Waals surface area (Å²) in [6.07, 6.45) is -0.170. The first-order valence-corrected chi connectivity index (χ1v) is 12.5. The number of benzene rings is 1. The van der Waals surface area contributed by atoms with Gasteiger partial charge in [0.05, 0.1) is 5.56 Å². The number of phenols is 1. The standard InChI is InChI=1S/C29H34O8/c1-12(2)21-23(33)19(15(5)31)25(35)29(37)26(36)22-24(34)20-16(9-8-10-17(20)32)14(4)27(22,6)18(11-13(3)30)28(21,29)7/h8-10,12,14,18,21,32,34-35,37H,11H2,1-7H3/t14-,18-,21?,27-,28-,29+/m1/s1. The van der Waals surface area contributed by atoms with E-state index in [2.05, 4.69) is 0 Å². The van der Waals surface area contributed by atoms with Gasteiger partial charge >= 0.3 is 0 Å². The van der Waals surface area contributed by atoms with Gasteiger partial charge in [-0.2, -0.15) is 0 Å². The number of hydrogen-bond donors (Lipinski definition) is 4. The molecule has 4 rings (SSSR count). The highest BCUT2D eigenvalue weighted by Gasteiger charge is 2.76. The Balaban J connectivity index is 2.24. The second-order valence-electron chi connectivity index (χ2n) is 11.6. The molecule has 37 heavy (non-hydrogen) atoms. The van der Waals surface area contributed by atoms with Crippen molar-refractivity contribution >= 4 is 28.9 Å². The zero-order valence-electron chi connectivity index (χ0n) is 22.2. The van der Waals surface area contributed by atoms with Crippen molar-refractivity contribution in [3.63, 3.8) is 0 Å². The van der Waals surface area contributed by atoms with Crippen molar-refractivity contribution in [3.8, 4) is 5.75 Å². The molecular formula is C29H34O8. The Morgan fingerprint density at radius 2 is 1.65 bits per heavy atom. The number of hydrogen-bond acceptors (Lipinski definition) is 8. The normalized spacial score (nSPS) is 35.3. The third-order valence-corrected chi connectivity index (χ3v) is 9.50. The van der Waals surface area contributed by atoms with Gasteiger partial charge in [0.15, 0.2) is 17.2 Å². The number of allylic oxidation sites excluding steroid dienone is 1. The van der Waals surface area contributed by atoms with Crippen LogP contribution >= 0.6 is 0 Å². The minimum atomic E-state index is -2.78. The van der Waals surface area contributed by atoms with Gasteiger partial charge in [0.1, 0.15) is 28.6 Å². The molecule has 0 amide bonds. The number of phenolic OH excluding ortho intramolecular Hbond substituents is 1. The molecule has 6 atom stereocenters. The SMILES string of the molecule is CC(=O)C[C@@H]1[C@]2(C)C(=C(O)c3c(O)cccc3[C@H]2C)C(=O)[C@@]2(O)C(O)=C(C(C)=O)C(=O)C(C(C)C)[C@@]12C. The van der Waals surface area contributed by atoms with Crippen LogP contribution in [0.2, 0.25) is 0 Å². The van der Waals surface area contributed by atoms with Gasteiger partial charge in [-0.25, -0.2) is 0 Å². The molecule has 8 nitrogen and oxygen atoms in total. The van der Waals surface area contributed by atoms with Crippen LogP contribution in [0.15, 0.2) is 35.1 Å². The van der Waals surface area contributed by atoms with Gasteiger partial charge in [-0.15, -0.1) is 0 Å². The molecule has 1 saturated carbocycles. The first kappa shape index (κ1) is 26.8. The fourth-order valence-electron chi connectivity index (χ4n) is 7.80. The van der Waals surface area contributed by atoms with Gasteiger partial charge in [0, 0.05) is 28.7 Å². The number of fused-ring (bicyclic) bond motifs is 3. The topological polar surface area (TPSA) is 149 Å². The van der Waals surface area contributed by atoms with E-state index >= 15 is 0 Å². The summed E-state index contributed by atoms with van der Waals surface area (Å²) in [6, 6.07) is 4.70. The van der Waals surface area contributed by atoms with E-state index in [0.717, 1.165) is 6.92 Å². The number of ketones is 4. The van der Waals surface area contributed by atoms with Crippen LogP contribution in [-0.4, -0.2) is 49.2 Å². The molecule has 1 aromatic rings. The van der Waals surface area contributed by atoms with E-state index in [4.69, 9.17) is 0 Å². The van der Waals surface area contributed by atoms with Crippen molar-refractivity contribution in [1.29, 1.82) is 0 Å². The van der Waals surface area contributed by atoms with Crippen LogP contribution in [0.4, 0.5) is 0 Å². The molecule has 0 spiro atoms. The predicted molar refractivity (Wildman–Crippen MR) is 135 cm³/mol. The lowest BCUT2D eigenvalue weighted by Gasteiger charge is -2.65. The van der Waals surface area contributed by atoms with Gasteiger partial charge in [0.25, 0.3) is 0 Å². The first-order valence-electron chi connectivity index (χ1n) is 12.5. The molecule has 0 saturated heterocycles. The molecule has 0 bridgehead atoms. The fraction of sp³-hybridized carbons (Fsp3) is 0.517. The van der Waals surface area contributed by atoms with E-state index in [0.29, 0.717) is 5.56 Å². The Bertz CT molecular complexity index is 1330.